The van der Waals surface area contributed by atoms with Crippen LogP contribution >= 0.6 is 11.8 Å². The minimum absolute atomic E-state index is 0.550. The Kier molecular flexibility index (Phi) is 4.62. The second-order valence-electron chi connectivity index (χ2n) is 4.57. The van der Waals surface area contributed by atoms with Crippen molar-refractivity contribution in [1.82, 2.24) is 15.2 Å². The highest BCUT2D eigenvalue weighted by molar-refractivity contribution is 7.99. The molecule has 0 radical (unpaired) electrons. The van der Waals surface area contributed by atoms with Gasteiger partial charge in [-0.2, -0.15) is 0 Å². The van der Waals surface area contributed by atoms with Crippen LogP contribution in [0, 0.1) is 0 Å². The number of hydrogen-bond donors (Lipinski definition) is 1. The molecule has 3 heterocycles. The Morgan fingerprint density at radius 3 is 2.75 bits per heavy atom. The molecule has 0 unspecified atom stereocenters. The first kappa shape index (κ1) is 13.5. The van der Waals surface area contributed by atoms with Crippen LogP contribution in [0.25, 0.3) is 11.5 Å². The summed E-state index contributed by atoms with van der Waals surface area (Å²) in [6.45, 7) is 5.01. The average molecular weight is 293 g/mol. The lowest BCUT2D eigenvalue weighted by atomic mass is 10.3. The van der Waals surface area contributed by atoms with Gasteiger partial charge in [-0.15, -0.1) is 10.2 Å². The highest BCUT2D eigenvalue weighted by Crippen LogP contribution is 2.21. The zero-order valence-corrected chi connectivity index (χ0v) is 11.9. The number of pyridine rings is 1. The van der Waals surface area contributed by atoms with Gasteiger partial charge in [0, 0.05) is 18.0 Å². The van der Waals surface area contributed by atoms with E-state index in [9.17, 15) is 0 Å². The van der Waals surface area contributed by atoms with Crippen molar-refractivity contribution in [2.75, 3.05) is 38.6 Å². The largest absolute Gasteiger partial charge is 0.411 e. The van der Waals surface area contributed by atoms with Crippen molar-refractivity contribution in [3.8, 4) is 11.5 Å². The summed E-state index contributed by atoms with van der Waals surface area (Å²) < 4.78 is 11.0. The van der Waals surface area contributed by atoms with Crippen LogP contribution in [-0.2, 0) is 4.74 Å². The summed E-state index contributed by atoms with van der Waals surface area (Å²) in [6.07, 6.45) is 3.43. The maximum absolute atomic E-state index is 5.64. The molecule has 1 fully saturated rings. The van der Waals surface area contributed by atoms with E-state index in [0.29, 0.717) is 11.1 Å². The fraction of sp³-hybridized carbons (Fsp3) is 0.462. The molecule has 1 N–H and O–H groups in total. The van der Waals surface area contributed by atoms with Crippen molar-refractivity contribution >= 4 is 11.8 Å². The third-order valence-electron chi connectivity index (χ3n) is 3.21. The number of quaternary nitrogens is 1. The van der Waals surface area contributed by atoms with Gasteiger partial charge in [-0.25, -0.2) is 0 Å². The van der Waals surface area contributed by atoms with E-state index in [-0.39, 0.29) is 0 Å². The predicted octanol–water partition coefficient (Wildman–Crippen LogP) is 0.139. The Bertz CT molecular complexity index is 528. The first-order chi connectivity index (χ1) is 9.92. The molecule has 2 aromatic rings. The minimum Gasteiger partial charge on any atom is -0.411 e. The summed E-state index contributed by atoms with van der Waals surface area (Å²) in [6, 6.07) is 3.72. The molecule has 106 valence electrons. The molecule has 0 aliphatic carbocycles. The maximum Gasteiger partial charge on any atom is 0.277 e. The number of rotatable bonds is 5. The topological polar surface area (TPSA) is 65.5 Å². The van der Waals surface area contributed by atoms with Crippen LogP contribution in [0.5, 0.6) is 0 Å². The molecule has 0 amide bonds. The monoisotopic (exact) mass is 293 g/mol. The van der Waals surface area contributed by atoms with Gasteiger partial charge in [0.2, 0.25) is 5.89 Å². The molecule has 7 heteroatoms. The maximum atomic E-state index is 5.64. The smallest absolute Gasteiger partial charge is 0.277 e. The van der Waals surface area contributed by atoms with E-state index >= 15 is 0 Å². The standard InChI is InChI=1S/C13H16N4O2S/c1-3-14-4-2-11(1)12-15-16-13(19-12)20-10-7-17-5-8-18-9-6-17/h1-4H,5-10H2/p+1. The lowest BCUT2D eigenvalue weighted by molar-refractivity contribution is -0.905. The van der Waals surface area contributed by atoms with Gasteiger partial charge in [0.25, 0.3) is 5.22 Å². The number of aromatic nitrogens is 3. The van der Waals surface area contributed by atoms with Crippen molar-refractivity contribution < 1.29 is 14.1 Å². The first-order valence-electron chi connectivity index (χ1n) is 6.70. The van der Waals surface area contributed by atoms with Crippen LogP contribution in [-0.4, -0.2) is 53.8 Å². The van der Waals surface area contributed by atoms with Crippen molar-refractivity contribution in [3.05, 3.63) is 24.5 Å². The molecule has 2 aromatic heterocycles. The molecule has 0 aromatic carbocycles. The van der Waals surface area contributed by atoms with Crippen molar-refractivity contribution in [1.29, 1.82) is 0 Å². The summed E-state index contributed by atoms with van der Waals surface area (Å²) in [7, 11) is 0. The van der Waals surface area contributed by atoms with Gasteiger partial charge in [-0.3, -0.25) is 4.98 Å². The number of morpholine rings is 1. The summed E-state index contributed by atoms with van der Waals surface area (Å²) in [5.74, 6) is 1.53. The highest BCUT2D eigenvalue weighted by atomic mass is 32.2. The summed E-state index contributed by atoms with van der Waals surface area (Å²) in [5, 5.41) is 8.76. The molecule has 1 aliphatic rings. The van der Waals surface area contributed by atoms with Crippen molar-refractivity contribution in [2.24, 2.45) is 0 Å². The van der Waals surface area contributed by atoms with Crippen LogP contribution in [0.3, 0.4) is 0 Å². The molecule has 1 saturated heterocycles. The molecule has 0 spiro atoms. The van der Waals surface area contributed by atoms with Crippen molar-refractivity contribution in [3.63, 3.8) is 0 Å². The van der Waals surface area contributed by atoms with E-state index < -0.39 is 0 Å². The summed E-state index contributed by atoms with van der Waals surface area (Å²) >= 11 is 1.61. The fourth-order valence-corrected chi connectivity index (χ4v) is 2.87. The summed E-state index contributed by atoms with van der Waals surface area (Å²) in [5.41, 5.74) is 0.901. The Labute approximate surface area is 121 Å². The second kappa shape index (κ2) is 6.83. The van der Waals surface area contributed by atoms with Gasteiger partial charge < -0.3 is 14.1 Å². The third-order valence-corrected chi connectivity index (χ3v) is 4.03. The molecule has 0 bridgehead atoms. The molecular formula is C13H17N4O2S+. The Hall–Kier alpha value is -1.44. The molecule has 20 heavy (non-hydrogen) atoms. The van der Waals surface area contributed by atoms with E-state index in [1.165, 1.54) is 0 Å². The van der Waals surface area contributed by atoms with Gasteiger partial charge in [0.1, 0.15) is 13.1 Å². The van der Waals surface area contributed by atoms with E-state index in [0.717, 1.165) is 44.2 Å². The number of hydrogen-bond acceptors (Lipinski definition) is 6. The molecule has 6 nitrogen and oxygen atoms in total. The predicted molar refractivity (Wildman–Crippen MR) is 74.6 cm³/mol. The fourth-order valence-electron chi connectivity index (χ4n) is 2.07. The van der Waals surface area contributed by atoms with Crippen LogP contribution in [0.4, 0.5) is 0 Å². The zero-order valence-electron chi connectivity index (χ0n) is 11.1. The van der Waals surface area contributed by atoms with E-state index in [1.54, 1.807) is 29.1 Å². The van der Waals surface area contributed by atoms with E-state index in [4.69, 9.17) is 9.15 Å². The van der Waals surface area contributed by atoms with Gasteiger partial charge in [0.15, 0.2) is 0 Å². The van der Waals surface area contributed by atoms with Gasteiger partial charge in [-0.1, -0.05) is 11.8 Å². The number of ether oxygens (including phenoxy) is 1. The lowest BCUT2D eigenvalue weighted by Gasteiger charge is -2.23. The molecule has 1 aliphatic heterocycles. The lowest BCUT2D eigenvalue weighted by Crippen LogP contribution is -3.14. The quantitative estimate of drug-likeness (QED) is 0.791. The normalized spacial score (nSPS) is 16.4. The number of nitrogens with one attached hydrogen (secondary N) is 1. The zero-order chi connectivity index (χ0) is 13.6. The van der Waals surface area contributed by atoms with Gasteiger partial charge in [0.05, 0.1) is 25.5 Å². The highest BCUT2D eigenvalue weighted by Gasteiger charge is 2.14. The Morgan fingerprint density at radius 1 is 1.15 bits per heavy atom. The summed E-state index contributed by atoms with van der Waals surface area (Å²) in [4.78, 5) is 5.55. The number of thioether (sulfide) groups is 1. The molecule has 0 atom stereocenters. The first-order valence-corrected chi connectivity index (χ1v) is 7.68. The molecular weight excluding hydrogens is 276 g/mol. The second-order valence-corrected chi connectivity index (χ2v) is 5.62. The molecule has 0 saturated carbocycles. The minimum atomic E-state index is 0.550. The average Bonchev–Trinajstić information content (AvgIpc) is 2.98. The molecule has 3 rings (SSSR count). The van der Waals surface area contributed by atoms with Gasteiger partial charge in [-0.05, 0) is 12.1 Å². The Balaban J connectivity index is 1.50. The van der Waals surface area contributed by atoms with Crippen LogP contribution < -0.4 is 4.90 Å². The van der Waals surface area contributed by atoms with Crippen LogP contribution in [0.2, 0.25) is 0 Å². The number of nitrogens with zero attached hydrogens (tertiary/aromatic N) is 3. The van der Waals surface area contributed by atoms with E-state index in [2.05, 4.69) is 15.2 Å². The third kappa shape index (κ3) is 3.56. The van der Waals surface area contributed by atoms with Gasteiger partial charge >= 0.3 is 0 Å². The van der Waals surface area contributed by atoms with Crippen molar-refractivity contribution in [2.45, 2.75) is 5.22 Å². The van der Waals surface area contributed by atoms with E-state index in [1.807, 2.05) is 12.1 Å². The Morgan fingerprint density at radius 2 is 1.95 bits per heavy atom. The van der Waals surface area contributed by atoms with Crippen LogP contribution in [0.15, 0.2) is 34.2 Å². The van der Waals surface area contributed by atoms with Crippen LogP contribution in [0.1, 0.15) is 0 Å². The SMILES string of the molecule is c1cc(-c2nnc(SCC[NH+]3CCOCC3)o2)ccn1.